The number of carbonyl (C=O) groups excluding carboxylic acids is 1. The van der Waals surface area contributed by atoms with Crippen molar-refractivity contribution in [2.45, 2.75) is 51.5 Å². The Morgan fingerprint density at radius 3 is 2.43 bits per heavy atom. The minimum atomic E-state index is -0.369. The summed E-state index contributed by atoms with van der Waals surface area (Å²) in [7, 11) is 0. The molecule has 1 unspecified atom stereocenters. The van der Waals surface area contributed by atoms with Gasteiger partial charge >= 0.3 is 0 Å². The second-order valence-electron chi connectivity index (χ2n) is 6.02. The minimum Gasteiger partial charge on any atom is -0.297 e. The molecule has 1 saturated heterocycles. The van der Waals surface area contributed by atoms with Crippen LogP contribution >= 0.6 is 23.2 Å². The first-order chi connectivity index (χ1) is 9.97. The lowest BCUT2D eigenvalue weighted by Crippen LogP contribution is -2.54. The van der Waals surface area contributed by atoms with Gasteiger partial charge in [-0.1, -0.05) is 42.6 Å². The summed E-state index contributed by atoms with van der Waals surface area (Å²) in [4.78, 5) is 15.2. The minimum absolute atomic E-state index is 0.269. The predicted octanol–water partition coefficient (Wildman–Crippen LogP) is 4.76. The molecule has 116 valence electrons. The second-order valence-corrected chi connectivity index (χ2v) is 6.84. The van der Waals surface area contributed by atoms with Crippen LogP contribution in [-0.2, 0) is 11.2 Å². The molecule has 0 spiro atoms. The second kappa shape index (κ2) is 7.13. The van der Waals surface area contributed by atoms with Gasteiger partial charge in [0.15, 0.2) is 5.78 Å². The van der Waals surface area contributed by atoms with Crippen molar-refractivity contribution in [3.05, 3.63) is 33.8 Å². The average molecular weight is 328 g/mol. The van der Waals surface area contributed by atoms with E-state index in [1.807, 2.05) is 6.07 Å². The molecule has 4 heteroatoms. The van der Waals surface area contributed by atoms with Crippen molar-refractivity contribution < 1.29 is 4.79 Å². The van der Waals surface area contributed by atoms with Crippen LogP contribution in [0.25, 0.3) is 0 Å². The molecule has 1 aromatic carbocycles. The van der Waals surface area contributed by atoms with Crippen molar-refractivity contribution in [3.8, 4) is 0 Å². The molecule has 1 atom stereocenters. The van der Waals surface area contributed by atoms with E-state index in [-0.39, 0.29) is 11.3 Å². The van der Waals surface area contributed by atoms with Gasteiger partial charge in [-0.15, -0.1) is 0 Å². The first-order valence-electron chi connectivity index (χ1n) is 7.69. The summed E-state index contributed by atoms with van der Waals surface area (Å²) >= 11 is 12.0. The van der Waals surface area contributed by atoms with Crippen molar-refractivity contribution in [1.82, 2.24) is 4.90 Å². The number of Topliss-reactive ketones (excluding diaryl/α,β-unsaturated/α-hetero) is 1. The van der Waals surface area contributed by atoms with Crippen molar-refractivity contribution >= 4 is 29.0 Å². The van der Waals surface area contributed by atoms with Gasteiger partial charge in [-0.05, 0) is 57.0 Å². The summed E-state index contributed by atoms with van der Waals surface area (Å²) in [6.07, 6.45) is 4.91. The number of halogens is 2. The van der Waals surface area contributed by atoms with Crippen LogP contribution in [0.1, 0.15) is 45.1 Å². The number of rotatable bonds is 5. The van der Waals surface area contributed by atoms with E-state index in [4.69, 9.17) is 23.2 Å². The van der Waals surface area contributed by atoms with E-state index in [0.29, 0.717) is 16.5 Å². The summed E-state index contributed by atoms with van der Waals surface area (Å²) < 4.78 is 0. The third-order valence-electron chi connectivity index (χ3n) is 4.69. The van der Waals surface area contributed by atoms with E-state index in [2.05, 4.69) is 18.7 Å². The van der Waals surface area contributed by atoms with E-state index < -0.39 is 0 Å². The summed E-state index contributed by atoms with van der Waals surface area (Å²) in [6.45, 7) is 6.23. The van der Waals surface area contributed by atoms with Crippen molar-refractivity contribution in [2.24, 2.45) is 0 Å². The van der Waals surface area contributed by atoms with Gasteiger partial charge in [0, 0.05) is 6.42 Å². The van der Waals surface area contributed by atoms with Crippen LogP contribution in [0.15, 0.2) is 18.2 Å². The molecule has 1 fully saturated rings. The highest BCUT2D eigenvalue weighted by atomic mass is 35.5. The van der Waals surface area contributed by atoms with E-state index in [0.717, 1.165) is 25.1 Å². The maximum Gasteiger partial charge on any atom is 0.157 e. The van der Waals surface area contributed by atoms with E-state index in [9.17, 15) is 4.79 Å². The van der Waals surface area contributed by atoms with Gasteiger partial charge in [-0.2, -0.15) is 0 Å². The number of hydrogen-bond acceptors (Lipinski definition) is 2. The van der Waals surface area contributed by atoms with Crippen LogP contribution in [0.3, 0.4) is 0 Å². The predicted molar refractivity (Wildman–Crippen MR) is 89.3 cm³/mol. The van der Waals surface area contributed by atoms with Crippen LogP contribution in [0, 0.1) is 0 Å². The Kier molecular flexibility index (Phi) is 5.70. The summed E-state index contributed by atoms with van der Waals surface area (Å²) in [6, 6.07) is 5.45. The highest BCUT2D eigenvalue weighted by Gasteiger charge is 2.37. The van der Waals surface area contributed by atoms with Gasteiger partial charge in [0.25, 0.3) is 0 Å². The molecule has 0 radical (unpaired) electrons. The van der Waals surface area contributed by atoms with Gasteiger partial charge in [-0.3, -0.25) is 9.69 Å². The van der Waals surface area contributed by atoms with Crippen molar-refractivity contribution in [3.63, 3.8) is 0 Å². The van der Waals surface area contributed by atoms with E-state index in [1.54, 1.807) is 12.1 Å². The van der Waals surface area contributed by atoms with Crippen molar-refractivity contribution in [2.75, 3.05) is 13.1 Å². The topological polar surface area (TPSA) is 20.3 Å². The molecule has 21 heavy (non-hydrogen) atoms. The molecule has 0 amide bonds. The molecule has 1 aromatic rings. The highest BCUT2D eigenvalue weighted by Crippen LogP contribution is 2.28. The Hall–Kier alpha value is -0.570. The van der Waals surface area contributed by atoms with Gasteiger partial charge in [0.1, 0.15) is 0 Å². The number of piperidine rings is 1. The Bertz CT molecular complexity index is 512. The summed E-state index contributed by atoms with van der Waals surface area (Å²) in [5.74, 6) is 0.269. The standard InChI is InChI=1S/C17H23Cl2NO/c1-3-17(2,20-9-5-4-6-10-20)16(21)12-13-7-8-14(18)15(19)11-13/h7-8,11H,3-6,9-10,12H2,1-2H3. The molecule has 0 saturated carbocycles. The molecule has 2 nitrogen and oxygen atoms in total. The monoisotopic (exact) mass is 327 g/mol. The number of likely N-dealkylation sites (tertiary alicyclic amines) is 1. The molecular formula is C17H23Cl2NO. The van der Waals surface area contributed by atoms with Gasteiger partial charge < -0.3 is 0 Å². The van der Waals surface area contributed by atoms with Crippen LogP contribution in [0.5, 0.6) is 0 Å². The number of ketones is 1. The third kappa shape index (κ3) is 3.80. The number of benzene rings is 1. The highest BCUT2D eigenvalue weighted by molar-refractivity contribution is 6.42. The smallest absolute Gasteiger partial charge is 0.157 e. The van der Waals surface area contributed by atoms with Crippen LogP contribution in [-0.4, -0.2) is 29.3 Å². The fraction of sp³-hybridized carbons (Fsp3) is 0.588. The SMILES string of the molecule is CCC(C)(C(=O)Cc1ccc(Cl)c(Cl)c1)N1CCCCC1. The third-order valence-corrected chi connectivity index (χ3v) is 5.43. The number of nitrogens with zero attached hydrogens (tertiary/aromatic N) is 1. The van der Waals surface area contributed by atoms with Gasteiger partial charge in [-0.25, -0.2) is 0 Å². The fourth-order valence-electron chi connectivity index (χ4n) is 3.01. The van der Waals surface area contributed by atoms with E-state index in [1.165, 1.54) is 19.3 Å². The first-order valence-corrected chi connectivity index (χ1v) is 8.45. The molecule has 1 aliphatic rings. The number of hydrogen-bond donors (Lipinski definition) is 0. The van der Waals surface area contributed by atoms with E-state index >= 15 is 0 Å². The molecular weight excluding hydrogens is 305 g/mol. The van der Waals surface area contributed by atoms with Crippen LogP contribution in [0.2, 0.25) is 10.0 Å². The lowest BCUT2D eigenvalue weighted by Gasteiger charge is -2.42. The normalized spacial score (nSPS) is 19.2. The first kappa shape index (κ1) is 16.8. The fourth-order valence-corrected chi connectivity index (χ4v) is 3.33. The Balaban J connectivity index is 2.13. The summed E-state index contributed by atoms with van der Waals surface area (Å²) in [5.41, 5.74) is 0.568. The zero-order valence-corrected chi connectivity index (χ0v) is 14.3. The van der Waals surface area contributed by atoms with Gasteiger partial charge in [0.2, 0.25) is 0 Å². The van der Waals surface area contributed by atoms with Crippen LogP contribution < -0.4 is 0 Å². The van der Waals surface area contributed by atoms with Crippen molar-refractivity contribution in [1.29, 1.82) is 0 Å². The molecule has 1 heterocycles. The largest absolute Gasteiger partial charge is 0.297 e. The molecule has 0 N–H and O–H groups in total. The zero-order valence-electron chi connectivity index (χ0n) is 12.8. The molecule has 1 aliphatic heterocycles. The Labute approximate surface area is 137 Å². The summed E-state index contributed by atoms with van der Waals surface area (Å²) in [5, 5.41) is 1.04. The Morgan fingerprint density at radius 2 is 1.86 bits per heavy atom. The lowest BCUT2D eigenvalue weighted by atomic mass is 9.86. The zero-order chi connectivity index (χ0) is 15.5. The average Bonchev–Trinajstić information content (AvgIpc) is 2.51. The Morgan fingerprint density at radius 1 is 1.19 bits per heavy atom. The number of carbonyl (C=O) groups is 1. The lowest BCUT2D eigenvalue weighted by molar-refractivity contribution is -0.130. The maximum absolute atomic E-state index is 12.8. The maximum atomic E-state index is 12.8. The quantitative estimate of drug-likeness (QED) is 0.777. The molecule has 0 aliphatic carbocycles. The molecule has 0 aromatic heterocycles. The van der Waals surface area contributed by atoms with Crippen LogP contribution in [0.4, 0.5) is 0 Å². The molecule has 2 rings (SSSR count). The van der Waals surface area contributed by atoms with Gasteiger partial charge in [0.05, 0.1) is 15.6 Å². The molecule has 0 bridgehead atoms.